The largest absolute Gasteiger partial charge is 0.480 e. The molecule has 0 saturated carbocycles. The number of rotatable bonds is 4. The Bertz CT molecular complexity index is 949. The second kappa shape index (κ2) is 7.51. The lowest BCUT2D eigenvalue weighted by molar-refractivity contribution is -0.143. The minimum absolute atomic E-state index is 0.335. The average Bonchev–Trinajstić information content (AvgIpc) is 2.88. The molecule has 1 aromatic carbocycles. The number of carboxylic acid groups (broad SMARTS) is 1. The molecule has 1 aliphatic heterocycles. The topological polar surface area (TPSA) is 88.4 Å². The zero-order valence-electron chi connectivity index (χ0n) is 14.5. The Hall–Kier alpha value is -3.32. The Labute approximate surface area is 156 Å². The molecule has 1 atom stereocenters. The molecule has 1 N–H and O–H groups in total. The smallest absolute Gasteiger partial charge is 0.325 e. The first-order valence-corrected chi connectivity index (χ1v) is 8.62. The third-order valence-corrected chi connectivity index (χ3v) is 4.60. The normalized spacial score (nSPS) is 16.8. The van der Waals surface area contributed by atoms with Gasteiger partial charge in [-0.15, -0.1) is 0 Å². The van der Waals surface area contributed by atoms with Gasteiger partial charge in [0, 0.05) is 31.7 Å². The molecule has 0 aliphatic carbocycles. The van der Waals surface area contributed by atoms with E-state index in [2.05, 4.69) is 15.0 Å². The van der Waals surface area contributed by atoms with Crippen LogP contribution < -0.4 is 4.74 Å². The molecule has 0 bridgehead atoms. The van der Waals surface area contributed by atoms with Crippen LogP contribution in [0.5, 0.6) is 5.88 Å². The SMILES string of the molecule is O=C(O)C1c2cncnc2OCCN1Cc1ccccc1-c1ccncc1. The number of aromatic nitrogens is 3. The van der Waals surface area contributed by atoms with Gasteiger partial charge >= 0.3 is 5.97 Å². The van der Waals surface area contributed by atoms with Gasteiger partial charge in [0.1, 0.15) is 19.0 Å². The van der Waals surface area contributed by atoms with Gasteiger partial charge in [0.25, 0.3) is 0 Å². The van der Waals surface area contributed by atoms with Crippen LogP contribution in [0.1, 0.15) is 17.2 Å². The summed E-state index contributed by atoms with van der Waals surface area (Å²) in [6.07, 6.45) is 6.39. The van der Waals surface area contributed by atoms with Crippen LogP contribution in [0.25, 0.3) is 11.1 Å². The molecule has 1 unspecified atom stereocenters. The van der Waals surface area contributed by atoms with Gasteiger partial charge in [0.15, 0.2) is 0 Å². The number of benzene rings is 1. The van der Waals surface area contributed by atoms with Gasteiger partial charge in [0.05, 0.1) is 5.56 Å². The second-order valence-corrected chi connectivity index (χ2v) is 6.24. The van der Waals surface area contributed by atoms with E-state index in [4.69, 9.17) is 4.74 Å². The number of fused-ring (bicyclic) bond motifs is 1. The van der Waals surface area contributed by atoms with Crippen molar-refractivity contribution in [2.24, 2.45) is 0 Å². The minimum Gasteiger partial charge on any atom is -0.480 e. The Kier molecular flexibility index (Phi) is 4.76. The third kappa shape index (κ3) is 3.50. The van der Waals surface area contributed by atoms with E-state index in [0.717, 1.165) is 16.7 Å². The van der Waals surface area contributed by atoms with E-state index in [1.807, 2.05) is 41.3 Å². The zero-order chi connectivity index (χ0) is 18.6. The number of carbonyl (C=O) groups is 1. The summed E-state index contributed by atoms with van der Waals surface area (Å²) in [5, 5.41) is 9.88. The number of ether oxygens (including phenoxy) is 1. The molecule has 0 radical (unpaired) electrons. The summed E-state index contributed by atoms with van der Waals surface area (Å²) < 4.78 is 5.65. The van der Waals surface area contributed by atoms with Crippen molar-refractivity contribution in [3.63, 3.8) is 0 Å². The summed E-state index contributed by atoms with van der Waals surface area (Å²) >= 11 is 0. The maximum atomic E-state index is 12.1. The summed E-state index contributed by atoms with van der Waals surface area (Å²) in [5.74, 6) is -0.611. The van der Waals surface area contributed by atoms with Gasteiger partial charge < -0.3 is 9.84 Å². The van der Waals surface area contributed by atoms with Gasteiger partial charge in [-0.2, -0.15) is 0 Å². The summed E-state index contributed by atoms with van der Waals surface area (Å²) in [4.78, 5) is 26.1. The first-order chi connectivity index (χ1) is 13.2. The fraction of sp³-hybridized carbons (Fsp3) is 0.200. The molecule has 2 aromatic heterocycles. The fourth-order valence-corrected chi connectivity index (χ4v) is 3.37. The molecule has 136 valence electrons. The van der Waals surface area contributed by atoms with Crippen molar-refractivity contribution in [3.8, 4) is 17.0 Å². The van der Waals surface area contributed by atoms with Gasteiger partial charge in [-0.1, -0.05) is 24.3 Å². The van der Waals surface area contributed by atoms with Crippen molar-refractivity contribution < 1.29 is 14.6 Å². The molecule has 7 heteroatoms. The molecule has 4 rings (SSSR count). The molecule has 0 amide bonds. The molecular formula is C20H18N4O3. The van der Waals surface area contributed by atoms with E-state index in [1.54, 1.807) is 12.4 Å². The van der Waals surface area contributed by atoms with Crippen molar-refractivity contribution in [2.45, 2.75) is 12.6 Å². The fourth-order valence-electron chi connectivity index (χ4n) is 3.37. The van der Waals surface area contributed by atoms with Crippen LogP contribution in [-0.4, -0.2) is 44.1 Å². The lowest BCUT2D eigenvalue weighted by Crippen LogP contribution is -2.34. The molecular weight excluding hydrogens is 344 g/mol. The van der Waals surface area contributed by atoms with Crippen molar-refractivity contribution >= 4 is 5.97 Å². The number of nitrogens with zero attached hydrogens (tertiary/aromatic N) is 4. The van der Waals surface area contributed by atoms with Gasteiger partial charge in [-0.25, -0.2) is 9.97 Å². The van der Waals surface area contributed by atoms with E-state index in [0.29, 0.717) is 31.1 Å². The predicted molar refractivity (Wildman–Crippen MR) is 98.0 cm³/mol. The van der Waals surface area contributed by atoms with Crippen molar-refractivity contribution in [2.75, 3.05) is 13.2 Å². The van der Waals surface area contributed by atoms with Crippen LogP contribution in [-0.2, 0) is 11.3 Å². The van der Waals surface area contributed by atoms with Gasteiger partial charge in [-0.05, 0) is 28.8 Å². The first-order valence-electron chi connectivity index (χ1n) is 8.62. The van der Waals surface area contributed by atoms with Crippen LogP contribution in [0.15, 0.2) is 61.3 Å². The van der Waals surface area contributed by atoms with Crippen LogP contribution >= 0.6 is 0 Å². The monoisotopic (exact) mass is 362 g/mol. The number of aliphatic carboxylic acids is 1. The summed E-state index contributed by atoms with van der Waals surface area (Å²) in [6, 6.07) is 11.0. The highest BCUT2D eigenvalue weighted by Gasteiger charge is 2.33. The first kappa shape index (κ1) is 17.1. The molecule has 1 aliphatic rings. The molecule has 7 nitrogen and oxygen atoms in total. The standard InChI is InChI=1S/C20H18N4O3/c25-20(26)18-17-11-22-13-23-19(17)27-10-9-24(18)12-15-3-1-2-4-16(15)14-5-7-21-8-6-14/h1-8,11,13,18H,9-10,12H2,(H,25,26). The van der Waals surface area contributed by atoms with E-state index in [1.165, 1.54) is 12.5 Å². The Morgan fingerprint density at radius 1 is 1.19 bits per heavy atom. The molecule has 3 heterocycles. The lowest BCUT2D eigenvalue weighted by atomic mass is 9.99. The predicted octanol–water partition coefficient (Wildman–Crippen LogP) is 2.56. The lowest BCUT2D eigenvalue weighted by Gasteiger charge is -2.27. The van der Waals surface area contributed by atoms with E-state index < -0.39 is 12.0 Å². The molecule has 27 heavy (non-hydrogen) atoms. The van der Waals surface area contributed by atoms with Crippen molar-refractivity contribution in [1.29, 1.82) is 0 Å². The quantitative estimate of drug-likeness (QED) is 0.763. The van der Waals surface area contributed by atoms with Crippen LogP contribution in [0.3, 0.4) is 0 Å². The highest BCUT2D eigenvalue weighted by molar-refractivity contribution is 5.76. The Balaban J connectivity index is 1.71. The van der Waals surface area contributed by atoms with E-state index >= 15 is 0 Å². The highest BCUT2D eigenvalue weighted by Crippen LogP contribution is 2.32. The molecule has 0 spiro atoms. The summed E-state index contributed by atoms with van der Waals surface area (Å²) in [5.41, 5.74) is 3.61. The van der Waals surface area contributed by atoms with E-state index in [9.17, 15) is 9.90 Å². The number of carboxylic acids is 1. The zero-order valence-corrected chi connectivity index (χ0v) is 14.5. The van der Waals surface area contributed by atoms with E-state index in [-0.39, 0.29) is 0 Å². The van der Waals surface area contributed by atoms with Gasteiger partial charge in [0.2, 0.25) is 5.88 Å². The maximum absolute atomic E-state index is 12.1. The van der Waals surface area contributed by atoms with Crippen LogP contribution in [0.4, 0.5) is 0 Å². The number of hydrogen-bond acceptors (Lipinski definition) is 6. The molecule has 0 saturated heterocycles. The highest BCUT2D eigenvalue weighted by atomic mass is 16.5. The Morgan fingerprint density at radius 3 is 2.81 bits per heavy atom. The van der Waals surface area contributed by atoms with Crippen molar-refractivity contribution in [3.05, 3.63) is 72.4 Å². The third-order valence-electron chi connectivity index (χ3n) is 4.60. The van der Waals surface area contributed by atoms with Crippen LogP contribution in [0, 0.1) is 0 Å². The molecule has 3 aromatic rings. The average molecular weight is 362 g/mol. The molecule has 0 fully saturated rings. The Morgan fingerprint density at radius 2 is 2.00 bits per heavy atom. The maximum Gasteiger partial charge on any atom is 0.325 e. The van der Waals surface area contributed by atoms with Crippen molar-refractivity contribution in [1.82, 2.24) is 19.9 Å². The number of hydrogen-bond donors (Lipinski definition) is 1. The summed E-state index contributed by atoms with van der Waals surface area (Å²) in [7, 11) is 0. The number of pyridine rings is 1. The van der Waals surface area contributed by atoms with Crippen LogP contribution in [0.2, 0.25) is 0 Å². The van der Waals surface area contributed by atoms with Gasteiger partial charge in [-0.3, -0.25) is 14.7 Å². The summed E-state index contributed by atoms with van der Waals surface area (Å²) in [6.45, 7) is 1.30. The minimum atomic E-state index is -0.946. The second-order valence-electron chi connectivity index (χ2n) is 6.24.